The molecule has 32 heteroatoms. The number of hydrogen-bond acceptors (Lipinski definition) is 26. The van der Waals surface area contributed by atoms with Crippen LogP contribution in [-0.4, -0.2) is 139 Å². The molecule has 8 aromatic rings. The number of para-hydroxylation sites is 2. The molecular formula is C71H74Cl2N6O22S2. The normalized spacial score (nSPS) is 15.0. The third-order valence-corrected chi connectivity index (χ3v) is 17.8. The molecule has 2 aliphatic heterocycles. The number of anilines is 1. The highest BCUT2D eigenvalue weighted by Crippen LogP contribution is 2.42. The molecule has 1 saturated carbocycles. The van der Waals surface area contributed by atoms with Gasteiger partial charge >= 0.3 is 34.4 Å². The van der Waals surface area contributed by atoms with Gasteiger partial charge < -0.3 is 56.1 Å². The number of ketones is 3. The summed E-state index contributed by atoms with van der Waals surface area (Å²) in [6, 6.07) is 40.4. The van der Waals surface area contributed by atoms with Crippen LogP contribution >= 0.6 is 23.2 Å². The Kier molecular flexibility index (Phi) is 28.3. The molecule has 1 saturated heterocycles. The van der Waals surface area contributed by atoms with E-state index < -0.39 is 73.1 Å². The van der Waals surface area contributed by atoms with Crippen molar-refractivity contribution in [1.82, 2.24) is 19.7 Å². The fraction of sp³-hybridized carbons (Fsp3) is 0.324. The molecule has 0 radical (unpaired) electrons. The lowest BCUT2D eigenvalue weighted by atomic mass is 9.81. The van der Waals surface area contributed by atoms with E-state index in [0.717, 1.165) is 30.2 Å². The van der Waals surface area contributed by atoms with Crippen molar-refractivity contribution < 1.29 is 102 Å². The Morgan fingerprint density at radius 1 is 0.718 bits per heavy atom. The maximum atomic E-state index is 12.9. The van der Waals surface area contributed by atoms with Crippen LogP contribution in [0.5, 0.6) is 40.8 Å². The molecule has 2 aromatic heterocycles. The second-order valence-electron chi connectivity index (χ2n) is 22.4. The van der Waals surface area contributed by atoms with Crippen molar-refractivity contribution in [1.29, 1.82) is 0 Å². The largest absolute Gasteiger partial charge is 0.490 e. The highest BCUT2D eigenvalue weighted by atomic mass is 35.5. The van der Waals surface area contributed by atoms with Crippen LogP contribution in [0, 0.1) is 5.92 Å². The van der Waals surface area contributed by atoms with Crippen LogP contribution in [0.2, 0.25) is 10.0 Å². The lowest BCUT2D eigenvalue weighted by Gasteiger charge is -2.27. The van der Waals surface area contributed by atoms with Crippen molar-refractivity contribution in [3.63, 3.8) is 0 Å². The number of methoxy groups -OCH3 is 2. The number of nitrogens with one attached hydrogen (secondary N) is 2. The van der Waals surface area contributed by atoms with Gasteiger partial charge in [0.05, 0.1) is 75.8 Å². The molecule has 546 valence electrons. The SMILES string of the molecule is CCOC(=O)C1=NOC(c2ccccc2)(c2ccccc2)C1.CCOC(=O)[C@@H](C)Oc1ccc(Oc2nc3ccc(Cl)cc3o2)cc1.CCOc1ccccc1OS(=O)(=O)NC(=O)Nc1nc(OC)cc(OC)n1.CS(=O)(=O)c1ccc(C(=O)C2C(=O)CCCC2=O)c(Cl)c1COCC1CCCO1. The summed E-state index contributed by atoms with van der Waals surface area (Å²) >= 11 is 12.3. The van der Waals surface area contributed by atoms with E-state index in [1.54, 1.807) is 87.0 Å². The molecule has 0 spiro atoms. The van der Waals surface area contributed by atoms with Gasteiger partial charge in [-0.05, 0) is 108 Å². The maximum absolute atomic E-state index is 12.9. The maximum Gasteiger partial charge on any atom is 0.411 e. The molecule has 4 heterocycles. The van der Waals surface area contributed by atoms with Gasteiger partial charge in [-0.25, -0.2) is 27.5 Å². The van der Waals surface area contributed by atoms with Crippen LogP contribution in [0.1, 0.15) is 93.3 Å². The fourth-order valence-electron chi connectivity index (χ4n) is 10.3. The van der Waals surface area contributed by atoms with Crippen molar-refractivity contribution in [2.75, 3.05) is 58.8 Å². The van der Waals surface area contributed by atoms with Gasteiger partial charge in [-0.3, -0.25) is 19.7 Å². The number of fused-ring (bicyclic) bond motifs is 1. The fourth-order valence-corrected chi connectivity index (χ4v) is 12.5. The number of aromatic nitrogens is 3. The van der Waals surface area contributed by atoms with Gasteiger partial charge in [0, 0.05) is 59.0 Å². The van der Waals surface area contributed by atoms with Gasteiger partial charge in [-0.2, -0.15) is 23.4 Å². The Morgan fingerprint density at radius 3 is 1.93 bits per heavy atom. The van der Waals surface area contributed by atoms with E-state index in [2.05, 4.69) is 25.4 Å². The molecule has 2 atom stereocenters. The topological polar surface area (TPSA) is 360 Å². The minimum absolute atomic E-state index is 0.0385. The van der Waals surface area contributed by atoms with Crippen molar-refractivity contribution in [3.8, 4) is 40.8 Å². The molecule has 2 fully saturated rings. The van der Waals surface area contributed by atoms with Gasteiger partial charge in [-0.15, -0.1) is 0 Å². The predicted octanol–water partition coefficient (Wildman–Crippen LogP) is 11.8. The van der Waals surface area contributed by atoms with E-state index in [0.29, 0.717) is 72.6 Å². The third-order valence-electron chi connectivity index (χ3n) is 15.1. The number of esters is 2. The first-order chi connectivity index (χ1) is 49.4. The standard InChI is InChI=1S/C20H23ClO7S.C18H16ClNO5.C18H17NO3.C15H18N4O7S/c1-29(25,26)17-8-7-13(20(24)18-15(22)5-2-6-16(18)23)19(21)14(17)11-27-10-12-4-3-9-28-12;1-3-22-17(21)11(2)23-13-5-7-14(8-6-13)24-18-20-15-9-4-12(19)10-16(15)25-18;1-2-21-17(20)16-13-18(22-19-16,14-9-5-3-6-10-14)15-11-7-4-8-12-15;1-4-25-10-7-5-6-8-11(10)26-27(21,22)19-15(20)18-14-16-12(23-2)9-13(17-14)24-3/h7-8,12,18H,2-6,9-11H2,1H3;4-11H,3H2,1-2H3;3-12H,2,13H2,1H3;5-9H,4H2,1-3H3,(H2,16,17,18,19,20)/t;11-;;/m.1../s1. The Morgan fingerprint density at radius 2 is 1.34 bits per heavy atom. The summed E-state index contributed by atoms with van der Waals surface area (Å²) in [6.07, 6.45) is 3.34. The van der Waals surface area contributed by atoms with E-state index in [1.807, 2.05) is 60.7 Å². The second-order valence-corrected chi connectivity index (χ2v) is 26.5. The Bertz CT molecular complexity index is 4470. The Labute approximate surface area is 603 Å². The number of halogens is 2. The zero-order valence-electron chi connectivity index (χ0n) is 56.9. The number of carbonyl (C=O) groups excluding carboxylic acids is 6. The number of sulfone groups is 1. The van der Waals surface area contributed by atoms with Gasteiger partial charge in [0.25, 0.3) is 0 Å². The van der Waals surface area contributed by atoms with Crippen LogP contribution in [0.3, 0.4) is 0 Å². The lowest BCUT2D eigenvalue weighted by molar-refractivity contribution is -0.150. The molecular weight excluding hydrogens is 1420 g/mol. The third kappa shape index (κ3) is 21.9. The minimum atomic E-state index is -4.49. The number of Topliss-reactive ketones (excluding diaryl/α,β-unsaturated/α-hetero) is 3. The zero-order chi connectivity index (χ0) is 74.3. The van der Waals surface area contributed by atoms with E-state index in [9.17, 15) is 45.6 Å². The number of rotatable bonds is 25. The van der Waals surface area contributed by atoms with Crippen LogP contribution in [-0.2, 0) is 75.3 Å². The van der Waals surface area contributed by atoms with Gasteiger partial charge in [-0.1, -0.05) is 101 Å². The first-order valence-corrected chi connectivity index (χ1v) is 36.2. The van der Waals surface area contributed by atoms with Crippen LogP contribution < -0.4 is 37.9 Å². The highest BCUT2D eigenvalue weighted by molar-refractivity contribution is 7.90. The molecule has 2 amide bonds. The quantitative estimate of drug-likeness (QED) is 0.0305. The van der Waals surface area contributed by atoms with E-state index in [1.165, 1.54) is 44.6 Å². The summed E-state index contributed by atoms with van der Waals surface area (Å²) < 4.78 is 108. The smallest absolute Gasteiger partial charge is 0.411 e. The lowest BCUT2D eigenvalue weighted by Crippen LogP contribution is -2.37. The summed E-state index contributed by atoms with van der Waals surface area (Å²) in [5, 5.41) is 6.61. The van der Waals surface area contributed by atoms with E-state index in [4.69, 9.17) is 79.3 Å². The van der Waals surface area contributed by atoms with Crippen LogP contribution in [0.4, 0.5) is 10.7 Å². The number of oxazole rings is 1. The van der Waals surface area contributed by atoms with Gasteiger partial charge in [0.15, 0.2) is 61.7 Å². The molecule has 11 rings (SSSR count). The van der Waals surface area contributed by atoms with Crippen molar-refractivity contribution >= 4 is 101 Å². The zero-order valence-corrected chi connectivity index (χ0v) is 60.1. The second kappa shape index (κ2) is 37.1. The van der Waals surface area contributed by atoms with E-state index in [-0.39, 0.29) is 88.5 Å². The van der Waals surface area contributed by atoms with Gasteiger partial charge in [0.1, 0.15) is 22.9 Å². The molecule has 1 unspecified atom stereocenters. The van der Waals surface area contributed by atoms with Gasteiger partial charge in [0.2, 0.25) is 17.7 Å². The Hall–Kier alpha value is -10.2. The average Bonchev–Trinajstić information content (AvgIpc) is 1.76. The molecule has 103 heavy (non-hydrogen) atoms. The Balaban J connectivity index is 0.000000175. The van der Waals surface area contributed by atoms with Crippen LogP contribution in [0.15, 0.2) is 160 Å². The number of ether oxygens (including phenoxy) is 9. The summed E-state index contributed by atoms with van der Waals surface area (Å²) in [7, 11) is -5.40. The molecule has 3 aliphatic rings. The summed E-state index contributed by atoms with van der Waals surface area (Å²) in [6.45, 7) is 8.64. The average molecular weight is 1500 g/mol. The number of amides is 2. The number of benzene rings is 6. The molecule has 1 aliphatic carbocycles. The number of hydrogen-bond donors (Lipinski definition) is 2. The first-order valence-electron chi connectivity index (χ1n) is 32.1. The number of nitrogens with zero attached hydrogens (tertiary/aromatic N) is 4. The number of carbonyl (C=O) groups is 6. The summed E-state index contributed by atoms with van der Waals surface area (Å²) in [4.78, 5) is 90.3. The number of oxime groups is 1. The molecule has 28 nitrogen and oxygen atoms in total. The predicted molar refractivity (Wildman–Crippen MR) is 375 cm³/mol. The first kappa shape index (κ1) is 78.5. The summed E-state index contributed by atoms with van der Waals surface area (Å²) in [5.41, 5.74) is 2.78. The van der Waals surface area contributed by atoms with Crippen molar-refractivity contribution in [3.05, 3.63) is 178 Å². The van der Waals surface area contributed by atoms with Crippen LogP contribution in [0.25, 0.3) is 11.1 Å². The highest BCUT2D eigenvalue weighted by Gasteiger charge is 2.45. The molecule has 6 aromatic carbocycles. The van der Waals surface area contributed by atoms with Crippen molar-refractivity contribution in [2.24, 2.45) is 11.1 Å². The summed E-state index contributed by atoms with van der Waals surface area (Å²) in [5.74, 6) is -2.55. The van der Waals surface area contributed by atoms with Crippen molar-refractivity contribution in [2.45, 2.75) is 95.5 Å². The molecule has 0 bridgehead atoms. The number of urea groups is 1. The monoisotopic (exact) mass is 1500 g/mol. The minimum Gasteiger partial charge on any atom is -0.490 e. The molecule has 2 N–H and O–H groups in total. The van der Waals surface area contributed by atoms with E-state index >= 15 is 0 Å².